The molecule has 1 heterocycles. The van der Waals surface area contributed by atoms with Crippen molar-refractivity contribution in [3.63, 3.8) is 0 Å². The number of para-hydroxylation sites is 2. The third kappa shape index (κ3) is 2.72. The third-order valence-corrected chi connectivity index (χ3v) is 3.27. The average Bonchev–Trinajstić information content (AvgIpc) is 2.89. The van der Waals surface area contributed by atoms with E-state index in [0.717, 1.165) is 16.7 Å². The van der Waals surface area contributed by atoms with Crippen LogP contribution >= 0.6 is 0 Å². The predicted molar refractivity (Wildman–Crippen MR) is 84.8 cm³/mol. The Hall–Kier alpha value is -2.82. The van der Waals surface area contributed by atoms with Gasteiger partial charge in [0.1, 0.15) is 0 Å². The number of aromatic nitrogens is 2. The molecule has 0 aliphatic carbocycles. The van der Waals surface area contributed by atoms with Gasteiger partial charge in [-0.1, -0.05) is 12.1 Å². The van der Waals surface area contributed by atoms with Crippen LogP contribution in [0.5, 0.6) is 0 Å². The quantitative estimate of drug-likeness (QED) is 0.775. The number of H-pyrrole nitrogens is 1. The SMILES string of the molecule is CN(C)c1ccc(C(=O)Nc2nc3ccccc3[nH]2)cc1. The van der Waals surface area contributed by atoms with Gasteiger partial charge < -0.3 is 9.88 Å². The zero-order valence-corrected chi connectivity index (χ0v) is 11.9. The molecule has 0 unspecified atom stereocenters. The number of amides is 1. The predicted octanol–water partition coefficient (Wildman–Crippen LogP) is 2.88. The van der Waals surface area contributed by atoms with Crippen molar-refractivity contribution in [2.45, 2.75) is 0 Å². The number of rotatable bonds is 3. The lowest BCUT2D eigenvalue weighted by Gasteiger charge is -2.12. The van der Waals surface area contributed by atoms with E-state index >= 15 is 0 Å². The second kappa shape index (κ2) is 5.28. The largest absolute Gasteiger partial charge is 0.378 e. The molecule has 0 bridgehead atoms. The Labute approximate surface area is 122 Å². The smallest absolute Gasteiger partial charge is 0.257 e. The summed E-state index contributed by atoms with van der Waals surface area (Å²) in [5.74, 6) is 0.275. The normalized spacial score (nSPS) is 10.6. The Balaban J connectivity index is 1.79. The van der Waals surface area contributed by atoms with E-state index < -0.39 is 0 Å². The van der Waals surface area contributed by atoms with Gasteiger partial charge in [0, 0.05) is 25.3 Å². The maximum atomic E-state index is 12.2. The summed E-state index contributed by atoms with van der Waals surface area (Å²) in [6.45, 7) is 0. The van der Waals surface area contributed by atoms with E-state index in [0.29, 0.717) is 11.5 Å². The molecule has 21 heavy (non-hydrogen) atoms. The van der Waals surface area contributed by atoms with Crippen molar-refractivity contribution in [2.75, 3.05) is 24.3 Å². The lowest BCUT2D eigenvalue weighted by molar-refractivity contribution is 0.102. The van der Waals surface area contributed by atoms with Crippen LogP contribution < -0.4 is 10.2 Å². The number of carbonyl (C=O) groups is 1. The van der Waals surface area contributed by atoms with Crippen LogP contribution in [0.3, 0.4) is 0 Å². The van der Waals surface area contributed by atoms with Crippen LogP contribution in [0.2, 0.25) is 0 Å². The summed E-state index contributed by atoms with van der Waals surface area (Å²) in [6.07, 6.45) is 0. The molecule has 2 N–H and O–H groups in total. The molecule has 0 saturated carbocycles. The fraction of sp³-hybridized carbons (Fsp3) is 0.125. The lowest BCUT2D eigenvalue weighted by atomic mass is 10.2. The molecule has 0 saturated heterocycles. The van der Waals surface area contributed by atoms with E-state index in [1.807, 2.05) is 55.4 Å². The first-order valence-corrected chi connectivity index (χ1v) is 6.67. The van der Waals surface area contributed by atoms with E-state index in [2.05, 4.69) is 15.3 Å². The van der Waals surface area contributed by atoms with E-state index in [1.165, 1.54) is 0 Å². The number of fused-ring (bicyclic) bond motifs is 1. The molecule has 5 heteroatoms. The van der Waals surface area contributed by atoms with Crippen molar-refractivity contribution >= 4 is 28.6 Å². The zero-order chi connectivity index (χ0) is 14.8. The van der Waals surface area contributed by atoms with Gasteiger partial charge in [0.05, 0.1) is 11.0 Å². The summed E-state index contributed by atoms with van der Waals surface area (Å²) in [7, 11) is 3.92. The molecule has 3 rings (SSSR count). The summed E-state index contributed by atoms with van der Waals surface area (Å²) >= 11 is 0. The Kier molecular flexibility index (Phi) is 3.31. The number of hydrogen-bond donors (Lipinski definition) is 2. The van der Waals surface area contributed by atoms with Gasteiger partial charge in [-0.05, 0) is 36.4 Å². The topological polar surface area (TPSA) is 61.0 Å². The summed E-state index contributed by atoms with van der Waals surface area (Å²) in [5.41, 5.74) is 3.38. The highest BCUT2D eigenvalue weighted by atomic mass is 16.1. The first-order valence-electron chi connectivity index (χ1n) is 6.67. The minimum absolute atomic E-state index is 0.181. The molecule has 0 spiro atoms. The number of anilines is 2. The Bertz CT molecular complexity index is 741. The summed E-state index contributed by atoms with van der Waals surface area (Å²) in [6, 6.07) is 15.1. The molecule has 1 amide bonds. The van der Waals surface area contributed by atoms with E-state index in [-0.39, 0.29) is 5.91 Å². The molecule has 1 aromatic heterocycles. The van der Waals surface area contributed by atoms with Crippen molar-refractivity contribution in [3.05, 3.63) is 54.1 Å². The van der Waals surface area contributed by atoms with E-state index in [4.69, 9.17) is 0 Å². The van der Waals surface area contributed by atoms with Crippen LogP contribution in [0.4, 0.5) is 11.6 Å². The second-order valence-electron chi connectivity index (χ2n) is 5.00. The molecule has 0 aliphatic rings. The average molecular weight is 280 g/mol. The van der Waals surface area contributed by atoms with Gasteiger partial charge in [0.2, 0.25) is 5.95 Å². The standard InChI is InChI=1S/C16H16N4O/c1-20(2)12-9-7-11(8-10-12)15(21)19-16-17-13-5-3-4-6-14(13)18-16/h3-10H,1-2H3,(H2,17,18,19,21). The number of aromatic amines is 1. The molecular formula is C16H16N4O. The van der Waals surface area contributed by atoms with Gasteiger partial charge in [0.15, 0.2) is 0 Å². The molecule has 106 valence electrons. The summed E-state index contributed by atoms with van der Waals surface area (Å²) < 4.78 is 0. The molecule has 5 nitrogen and oxygen atoms in total. The fourth-order valence-electron chi connectivity index (χ4n) is 2.10. The fourth-order valence-corrected chi connectivity index (χ4v) is 2.10. The first kappa shape index (κ1) is 13.2. The van der Waals surface area contributed by atoms with Gasteiger partial charge in [-0.3, -0.25) is 10.1 Å². The Morgan fingerprint density at radius 1 is 1.10 bits per heavy atom. The highest BCUT2D eigenvalue weighted by Gasteiger charge is 2.09. The number of benzene rings is 2. The Morgan fingerprint density at radius 3 is 2.48 bits per heavy atom. The number of carbonyl (C=O) groups excluding carboxylic acids is 1. The van der Waals surface area contributed by atoms with Gasteiger partial charge >= 0.3 is 0 Å². The van der Waals surface area contributed by atoms with Crippen molar-refractivity contribution in [1.82, 2.24) is 9.97 Å². The highest BCUT2D eigenvalue weighted by Crippen LogP contribution is 2.16. The van der Waals surface area contributed by atoms with Crippen LogP contribution in [-0.2, 0) is 0 Å². The minimum Gasteiger partial charge on any atom is -0.378 e. The van der Waals surface area contributed by atoms with Crippen LogP contribution in [0.1, 0.15) is 10.4 Å². The first-order chi connectivity index (χ1) is 10.1. The molecule has 2 aromatic carbocycles. The van der Waals surface area contributed by atoms with Gasteiger partial charge in [-0.15, -0.1) is 0 Å². The zero-order valence-electron chi connectivity index (χ0n) is 11.9. The Morgan fingerprint density at radius 2 is 1.81 bits per heavy atom. The van der Waals surface area contributed by atoms with Crippen LogP contribution in [-0.4, -0.2) is 30.0 Å². The van der Waals surface area contributed by atoms with Gasteiger partial charge in [-0.2, -0.15) is 0 Å². The maximum absolute atomic E-state index is 12.2. The minimum atomic E-state index is -0.181. The van der Waals surface area contributed by atoms with Crippen molar-refractivity contribution in [3.8, 4) is 0 Å². The number of nitrogens with one attached hydrogen (secondary N) is 2. The molecule has 0 fully saturated rings. The molecule has 0 atom stereocenters. The maximum Gasteiger partial charge on any atom is 0.257 e. The summed E-state index contributed by atoms with van der Waals surface area (Å²) in [5, 5.41) is 2.78. The van der Waals surface area contributed by atoms with Crippen molar-refractivity contribution in [2.24, 2.45) is 0 Å². The van der Waals surface area contributed by atoms with E-state index in [9.17, 15) is 4.79 Å². The third-order valence-electron chi connectivity index (χ3n) is 3.27. The highest BCUT2D eigenvalue weighted by molar-refractivity contribution is 6.04. The second-order valence-corrected chi connectivity index (χ2v) is 5.00. The van der Waals surface area contributed by atoms with Gasteiger partial charge in [0.25, 0.3) is 5.91 Å². The molecule has 3 aromatic rings. The number of hydrogen-bond acceptors (Lipinski definition) is 3. The van der Waals surface area contributed by atoms with Crippen LogP contribution in [0.25, 0.3) is 11.0 Å². The monoisotopic (exact) mass is 280 g/mol. The van der Waals surface area contributed by atoms with Gasteiger partial charge in [-0.25, -0.2) is 4.98 Å². The molecular weight excluding hydrogens is 264 g/mol. The van der Waals surface area contributed by atoms with Crippen LogP contribution in [0.15, 0.2) is 48.5 Å². The lowest BCUT2D eigenvalue weighted by Crippen LogP contribution is -2.13. The van der Waals surface area contributed by atoms with Crippen molar-refractivity contribution < 1.29 is 4.79 Å². The molecule has 0 radical (unpaired) electrons. The van der Waals surface area contributed by atoms with Crippen LogP contribution in [0, 0.1) is 0 Å². The number of nitrogens with zero attached hydrogens (tertiary/aromatic N) is 2. The van der Waals surface area contributed by atoms with Crippen molar-refractivity contribution in [1.29, 1.82) is 0 Å². The summed E-state index contributed by atoms with van der Waals surface area (Å²) in [4.78, 5) is 21.6. The molecule has 0 aliphatic heterocycles. The van der Waals surface area contributed by atoms with E-state index in [1.54, 1.807) is 12.1 Å². The number of imidazole rings is 1.